The monoisotopic (exact) mass is 218 g/mol. The fourth-order valence-electron chi connectivity index (χ4n) is 1.72. The molecule has 1 unspecified atom stereocenters. The molecule has 0 spiro atoms. The number of hydrogen-bond donors (Lipinski definition) is 2. The molecule has 2 nitrogen and oxygen atoms in total. The summed E-state index contributed by atoms with van der Waals surface area (Å²) in [5.74, 6) is 5.54. The van der Waals surface area contributed by atoms with Crippen molar-refractivity contribution >= 4 is 0 Å². The van der Waals surface area contributed by atoms with Crippen molar-refractivity contribution in [3.05, 3.63) is 48.0 Å². The van der Waals surface area contributed by atoms with E-state index in [2.05, 4.69) is 43.2 Å². The third-order valence-electron chi connectivity index (χ3n) is 2.78. The third-order valence-corrected chi connectivity index (χ3v) is 2.78. The molecular formula is C14H22N2. The van der Waals surface area contributed by atoms with Gasteiger partial charge in [0.1, 0.15) is 0 Å². The number of nitrogens with two attached hydrogens (primary N) is 1. The Morgan fingerprint density at radius 1 is 1.31 bits per heavy atom. The molecule has 1 atom stereocenters. The summed E-state index contributed by atoms with van der Waals surface area (Å²) in [7, 11) is 0. The van der Waals surface area contributed by atoms with Gasteiger partial charge in [-0.05, 0) is 38.2 Å². The molecule has 0 amide bonds. The van der Waals surface area contributed by atoms with Gasteiger partial charge in [-0.25, -0.2) is 0 Å². The van der Waals surface area contributed by atoms with Crippen molar-refractivity contribution < 1.29 is 0 Å². The highest BCUT2D eigenvalue weighted by Crippen LogP contribution is 2.10. The van der Waals surface area contributed by atoms with Crippen LogP contribution >= 0.6 is 0 Å². The summed E-state index contributed by atoms with van der Waals surface area (Å²) in [4.78, 5) is 0. The van der Waals surface area contributed by atoms with E-state index in [9.17, 15) is 0 Å². The maximum Gasteiger partial charge on any atom is 0.0216 e. The number of hydrogen-bond acceptors (Lipinski definition) is 2. The second kappa shape index (κ2) is 7.20. The van der Waals surface area contributed by atoms with E-state index in [0.29, 0.717) is 6.04 Å². The Kier molecular flexibility index (Phi) is 5.83. The summed E-state index contributed by atoms with van der Waals surface area (Å²) in [5, 5.41) is 0. The molecule has 0 saturated carbocycles. The minimum Gasteiger partial charge on any atom is -0.271 e. The standard InChI is InChI=1S/C14H22N2/c1-12(2)8-10-14(16-15)11-9-13-6-4-3-5-7-13/h3-7,14,16H,1,8-11,15H2,2H3. The predicted molar refractivity (Wildman–Crippen MR) is 69.9 cm³/mol. The minimum absolute atomic E-state index is 0.386. The van der Waals surface area contributed by atoms with E-state index in [4.69, 9.17) is 5.84 Å². The van der Waals surface area contributed by atoms with Crippen molar-refractivity contribution in [2.24, 2.45) is 5.84 Å². The highest BCUT2D eigenvalue weighted by atomic mass is 15.2. The number of hydrazine groups is 1. The number of aryl methyl sites for hydroxylation is 1. The average molecular weight is 218 g/mol. The van der Waals surface area contributed by atoms with Crippen LogP contribution in [0.25, 0.3) is 0 Å². The van der Waals surface area contributed by atoms with E-state index in [1.807, 2.05) is 6.07 Å². The van der Waals surface area contributed by atoms with Crippen LogP contribution in [0.15, 0.2) is 42.5 Å². The van der Waals surface area contributed by atoms with Crippen LogP contribution in [-0.2, 0) is 6.42 Å². The molecule has 2 heteroatoms. The number of benzene rings is 1. The van der Waals surface area contributed by atoms with Gasteiger partial charge >= 0.3 is 0 Å². The lowest BCUT2D eigenvalue weighted by Crippen LogP contribution is -2.35. The molecule has 88 valence electrons. The molecule has 0 aromatic heterocycles. The van der Waals surface area contributed by atoms with E-state index in [1.54, 1.807) is 0 Å². The average Bonchev–Trinajstić information content (AvgIpc) is 2.30. The van der Waals surface area contributed by atoms with E-state index in [1.165, 1.54) is 11.1 Å². The fourth-order valence-corrected chi connectivity index (χ4v) is 1.72. The Morgan fingerprint density at radius 2 is 2.00 bits per heavy atom. The summed E-state index contributed by atoms with van der Waals surface area (Å²) >= 11 is 0. The fraction of sp³-hybridized carbons (Fsp3) is 0.429. The summed E-state index contributed by atoms with van der Waals surface area (Å²) in [6.45, 7) is 5.97. The third kappa shape index (κ3) is 5.10. The number of nitrogens with one attached hydrogen (secondary N) is 1. The summed E-state index contributed by atoms with van der Waals surface area (Å²) in [6.07, 6.45) is 4.27. The van der Waals surface area contributed by atoms with Gasteiger partial charge in [0.15, 0.2) is 0 Å². The van der Waals surface area contributed by atoms with Gasteiger partial charge in [0, 0.05) is 6.04 Å². The second-order valence-corrected chi connectivity index (χ2v) is 4.38. The maximum atomic E-state index is 5.54. The lowest BCUT2D eigenvalue weighted by Gasteiger charge is -2.15. The molecule has 0 saturated heterocycles. The van der Waals surface area contributed by atoms with Crippen LogP contribution in [0, 0.1) is 0 Å². The Morgan fingerprint density at radius 3 is 2.56 bits per heavy atom. The van der Waals surface area contributed by atoms with Crippen molar-refractivity contribution in [3.8, 4) is 0 Å². The second-order valence-electron chi connectivity index (χ2n) is 4.38. The molecule has 0 aliphatic heterocycles. The molecule has 16 heavy (non-hydrogen) atoms. The quantitative estimate of drug-likeness (QED) is 0.419. The summed E-state index contributed by atoms with van der Waals surface area (Å²) < 4.78 is 0. The van der Waals surface area contributed by atoms with E-state index < -0.39 is 0 Å². The van der Waals surface area contributed by atoms with Crippen LogP contribution in [0.5, 0.6) is 0 Å². The molecule has 1 aromatic rings. The van der Waals surface area contributed by atoms with Crippen LogP contribution in [0.4, 0.5) is 0 Å². The lowest BCUT2D eigenvalue weighted by atomic mass is 10.0. The van der Waals surface area contributed by atoms with Gasteiger partial charge in [0.25, 0.3) is 0 Å². The van der Waals surface area contributed by atoms with Crippen LogP contribution in [0.3, 0.4) is 0 Å². The van der Waals surface area contributed by atoms with E-state index >= 15 is 0 Å². The van der Waals surface area contributed by atoms with Gasteiger partial charge in [-0.2, -0.15) is 0 Å². The van der Waals surface area contributed by atoms with E-state index in [-0.39, 0.29) is 0 Å². The zero-order valence-corrected chi connectivity index (χ0v) is 10.1. The lowest BCUT2D eigenvalue weighted by molar-refractivity contribution is 0.464. The molecule has 0 aliphatic rings. The van der Waals surface area contributed by atoms with Gasteiger partial charge < -0.3 is 0 Å². The minimum atomic E-state index is 0.386. The topological polar surface area (TPSA) is 38.0 Å². The van der Waals surface area contributed by atoms with Crippen molar-refractivity contribution in [1.29, 1.82) is 0 Å². The highest BCUT2D eigenvalue weighted by molar-refractivity contribution is 5.14. The van der Waals surface area contributed by atoms with Gasteiger partial charge in [0.05, 0.1) is 0 Å². The Hall–Kier alpha value is -1.12. The molecule has 0 heterocycles. The van der Waals surface area contributed by atoms with Crippen molar-refractivity contribution in [3.63, 3.8) is 0 Å². The maximum absolute atomic E-state index is 5.54. The van der Waals surface area contributed by atoms with Crippen LogP contribution < -0.4 is 11.3 Å². The van der Waals surface area contributed by atoms with Crippen molar-refractivity contribution in [2.75, 3.05) is 0 Å². The zero-order chi connectivity index (χ0) is 11.8. The Balaban J connectivity index is 2.31. The first kappa shape index (κ1) is 12.9. The Bertz CT molecular complexity index is 306. The van der Waals surface area contributed by atoms with Gasteiger partial charge in [0.2, 0.25) is 0 Å². The molecule has 1 rings (SSSR count). The molecule has 0 radical (unpaired) electrons. The first-order valence-electron chi connectivity index (χ1n) is 5.87. The number of allylic oxidation sites excluding steroid dienone is 1. The highest BCUT2D eigenvalue weighted by Gasteiger charge is 2.06. The van der Waals surface area contributed by atoms with Gasteiger partial charge in [-0.15, -0.1) is 6.58 Å². The summed E-state index contributed by atoms with van der Waals surface area (Å²) in [5.41, 5.74) is 5.48. The van der Waals surface area contributed by atoms with Gasteiger partial charge in [-0.1, -0.05) is 35.9 Å². The number of rotatable bonds is 7. The predicted octanol–water partition coefficient (Wildman–Crippen LogP) is 2.81. The SMILES string of the molecule is C=C(C)CCC(CCc1ccccc1)NN. The van der Waals surface area contributed by atoms with E-state index in [0.717, 1.165) is 25.7 Å². The molecular weight excluding hydrogens is 196 g/mol. The first-order valence-corrected chi connectivity index (χ1v) is 5.87. The van der Waals surface area contributed by atoms with Crippen molar-refractivity contribution in [2.45, 2.75) is 38.6 Å². The van der Waals surface area contributed by atoms with Crippen LogP contribution in [0.2, 0.25) is 0 Å². The molecule has 0 aliphatic carbocycles. The molecule has 0 fully saturated rings. The van der Waals surface area contributed by atoms with Crippen LogP contribution in [0.1, 0.15) is 31.7 Å². The normalized spacial score (nSPS) is 12.4. The largest absolute Gasteiger partial charge is 0.271 e. The van der Waals surface area contributed by atoms with Crippen molar-refractivity contribution in [1.82, 2.24) is 5.43 Å². The summed E-state index contributed by atoms with van der Waals surface area (Å²) in [6, 6.07) is 10.9. The smallest absolute Gasteiger partial charge is 0.0216 e. The first-order chi connectivity index (χ1) is 7.72. The zero-order valence-electron chi connectivity index (χ0n) is 10.1. The molecule has 0 bridgehead atoms. The Labute approximate surface area is 98.5 Å². The van der Waals surface area contributed by atoms with Gasteiger partial charge in [-0.3, -0.25) is 11.3 Å². The molecule has 1 aromatic carbocycles. The molecule has 3 N–H and O–H groups in total. The van der Waals surface area contributed by atoms with Crippen LogP contribution in [-0.4, -0.2) is 6.04 Å².